The van der Waals surface area contributed by atoms with E-state index in [-0.39, 0.29) is 17.1 Å². The van der Waals surface area contributed by atoms with Crippen LogP contribution < -0.4 is 0 Å². The Morgan fingerprint density at radius 1 is 0.439 bits per heavy atom. The summed E-state index contributed by atoms with van der Waals surface area (Å²) in [6, 6.07) is 34.8. The molecule has 0 saturated carbocycles. The van der Waals surface area contributed by atoms with Gasteiger partial charge in [-0.25, -0.2) is 9.97 Å². The number of hydrogen-bond donors (Lipinski definition) is 2. The monoisotopic (exact) mass is 565 g/mol. The van der Waals surface area contributed by atoms with Gasteiger partial charge in [-0.1, -0.05) is 54.6 Å². The van der Waals surface area contributed by atoms with Gasteiger partial charge in [-0.2, -0.15) is 0 Å². The van der Waals surface area contributed by atoms with Crippen LogP contribution in [0.2, 0.25) is 0 Å². The molecule has 1 radical (unpaired) electrons. The van der Waals surface area contributed by atoms with Crippen LogP contribution >= 0.6 is 0 Å². The molecule has 9 rings (SSSR count). The predicted octanol–water partition coefficient (Wildman–Crippen LogP) is 9.22. The van der Waals surface area contributed by atoms with Gasteiger partial charge in [0.15, 0.2) is 0 Å². The van der Waals surface area contributed by atoms with Crippen molar-refractivity contribution in [3.63, 3.8) is 0 Å². The number of H-pyrrole nitrogens is 2. The third kappa shape index (κ3) is 3.90. The number of nitrogens with one attached hydrogen (secondary N) is 2. The molecule has 2 N–H and O–H groups in total. The first kappa shape index (κ1) is 23.9. The molecule has 0 spiro atoms. The van der Waals surface area contributed by atoms with E-state index >= 15 is 0 Å². The van der Waals surface area contributed by atoms with Crippen molar-refractivity contribution < 1.29 is 17.1 Å². The van der Waals surface area contributed by atoms with Crippen LogP contribution in [-0.4, -0.2) is 19.9 Å². The standard InChI is InChI=1S/C36H22N4.Mn/c1-2-21-4-5-23-6-14-31(32-15-7-22(3-1)35(21)36(23)32)33-19-30-18-28-11-10-26(38-28)16-24-8-9-25(37-24)17-27-12-13-29(39-27)20-34(33)40-30;/h1-20,37,40H;. The molecule has 2 aliphatic rings. The van der Waals surface area contributed by atoms with Crippen LogP contribution in [0.4, 0.5) is 0 Å². The summed E-state index contributed by atoms with van der Waals surface area (Å²) in [6.07, 6.45) is 8.24. The first-order valence-electron chi connectivity index (χ1n) is 13.5. The van der Waals surface area contributed by atoms with Gasteiger partial charge in [0.2, 0.25) is 0 Å². The van der Waals surface area contributed by atoms with Crippen molar-refractivity contribution in [2.75, 3.05) is 0 Å². The Bertz CT molecular complexity index is 2370. The van der Waals surface area contributed by atoms with Gasteiger partial charge < -0.3 is 9.97 Å². The van der Waals surface area contributed by atoms with Gasteiger partial charge in [0.25, 0.3) is 0 Å². The minimum absolute atomic E-state index is 0. The summed E-state index contributed by atoms with van der Waals surface area (Å²) < 4.78 is 0. The zero-order valence-electron chi connectivity index (χ0n) is 21.8. The molecule has 3 aromatic heterocycles. The molecule has 0 aliphatic carbocycles. The number of nitrogens with zero attached hydrogens (tertiary/aromatic N) is 2. The number of rotatable bonds is 1. The van der Waals surface area contributed by atoms with Crippen molar-refractivity contribution in [1.82, 2.24) is 19.9 Å². The van der Waals surface area contributed by atoms with E-state index in [1.165, 1.54) is 37.9 Å². The van der Waals surface area contributed by atoms with E-state index in [0.29, 0.717) is 0 Å². The molecular formula is C36H22MnN4. The molecule has 4 aromatic carbocycles. The first-order chi connectivity index (χ1) is 19.7. The smallest absolute Gasteiger partial charge is 0.0658 e. The molecule has 5 heteroatoms. The van der Waals surface area contributed by atoms with Gasteiger partial charge in [0, 0.05) is 44.7 Å². The van der Waals surface area contributed by atoms with Gasteiger partial charge in [0.1, 0.15) is 0 Å². The van der Waals surface area contributed by atoms with Crippen molar-refractivity contribution in [1.29, 1.82) is 0 Å². The van der Waals surface area contributed by atoms with Gasteiger partial charge in [-0.05, 0) is 105 Å². The second kappa shape index (κ2) is 9.03. The Morgan fingerprint density at radius 3 is 1.68 bits per heavy atom. The summed E-state index contributed by atoms with van der Waals surface area (Å²) in [5, 5.41) is 7.70. The second-order valence-corrected chi connectivity index (χ2v) is 10.6. The van der Waals surface area contributed by atoms with Crippen molar-refractivity contribution in [3.05, 3.63) is 120 Å². The van der Waals surface area contributed by atoms with Gasteiger partial charge in [0.05, 0.1) is 22.8 Å². The fourth-order valence-electron chi connectivity index (χ4n) is 6.21. The van der Waals surface area contributed by atoms with Gasteiger partial charge in [-0.3, -0.25) is 0 Å². The van der Waals surface area contributed by atoms with Crippen LogP contribution in [0.25, 0.3) is 89.8 Å². The molecule has 0 amide bonds. The Hall–Kier alpha value is -4.96. The fourth-order valence-corrected chi connectivity index (χ4v) is 6.21. The summed E-state index contributed by atoms with van der Waals surface area (Å²) in [7, 11) is 0. The van der Waals surface area contributed by atoms with Gasteiger partial charge >= 0.3 is 0 Å². The van der Waals surface area contributed by atoms with Crippen LogP contribution in [0.1, 0.15) is 22.8 Å². The van der Waals surface area contributed by atoms with Crippen LogP contribution in [0.15, 0.2) is 97.1 Å². The fraction of sp³-hybridized carbons (Fsp3) is 0. The average molecular weight is 566 g/mol. The van der Waals surface area contributed by atoms with E-state index in [2.05, 4.69) is 131 Å². The minimum atomic E-state index is 0. The molecule has 7 aromatic rings. The molecule has 4 nitrogen and oxygen atoms in total. The van der Waals surface area contributed by atoms with Crippen LogP contribution in [-0.2, 0) is 17.1 Å². The van der Waals surface area contributed by atoms with E-state index in [4.69, 9.17) is 9.97 Å². The Balaban J connectivity index is 0.00000256. The van der Waals surface area contributed by atoms with Gasteiger partial charge in [-0.15, -0.1) is 0 Å². The van der Waals surface area contributed by atoms with E-state index in [1.54, 1.807) is 0 Å². The van der Waals surface area contributed by atoms with E-state index in [9.17, 15) is 0 Å². The van der Waals surface area contributed by atoms with Crippen molar-refractivity contribution in [3.8, 4) is 11.1 Å². The summed E-state index contributed by atoms with van der Waals surface area (Å²) in [5.74, 6) is 0. The molecule has 193 valence electrons. The molecule has 8 bridgehead atoms. The zero-order valence-corrected chi connectivity index (χ0v) is 23.0. The molecule has 5 heterocycles. The molecule has 0 saturated heterocycles. The molecular weight excluding hydrogens is 543 g/mol. The van der Waals surface area contributed by atoms with Crippen molar-refractivity contribution in [2.45, 2.75) is 0 Å². The van der Waals surface area contributed by atoms with Crippen LogP contribution in [0.5, 0.6) is 0 Å². The number of aromatic amines is 2. The van der Waals surface area contributed by atoms with Crippen LogP contribution in [0.3, 0.4) is 0 Å². The van der Waals surface area contributed by atoms with E-state index in [0.717, 1.165) is 50.4 Å². The SMILES string of the molecule is C1=Cc2cc3cc(-c4ccc5ccc6cccc7ccc4c5c67)c(cc4nc(cc5ccc(cc1n2)[nH]5)C=C4)[nH]3.[Mn]. The number of hydrogen-bond acceptors (Lipinski definition) is 2. The first-order valence-corrected chi connectivity index (χ1v) is 13.5. The Labute approximate surface area is 245 Å². The number of aromatic nitrogens is 4. The summed E-state index contributed by atoms with van der Waals surface area (Å²) >= 11 is 0. The quantitative estimate of drug-likeness (QED) is 0.154. The third-order valence-electron chi connectivity index (χ3n) is 7.99. The average Bonchev–Trinajstić information content (AvgIpc) is 3.77. The summed E-state index contributed by atoms with van der Waals surface area (Å²) in [5.41, 5.74) is 10.1. The maximum atomic E-state index is 4.90. The normalized spacial score (nSPS) is 12.5. The maximum Gasteiger partial charge on any atom is 0.0658 e. The Kier molecular flexibility index (Phi) is 5.26. The molecule has 0 unspecified atom stereocenters. The van der Waals surface area contributed by atoms with E-state index in [1.807, 2.05) is 0 Å². The molecule has 41 heavy (non-hydrogen) atoms. The van der Waals surface area contributed by atoms with E-state index < -0.39 is 0 Å². The third-order valence-corrected chi connectivity index (χ3v) is 7.99. The second-order valence-electron chi connectivity index (χ2n) is 10.6. The summed E-state index contributed by atoms with van der Waals surface area (Å²) in [6.45, 7) is 0. The summed E-state index contributed by atoms with van der Waals surface area (Å²) in [4.78, 5) is 16.9. The van der Waals surface area contributed by atoms with Crippen molar-refractivity contribution in [2.24, 2.45) is 0 Å². The maximum absolute atomic E-state index is 4.90. The van der Waals surface area contributed by atoms with Crippen LogP contribution in [0, 0.1) is 0 Å². The Morgan fingerprint density at radius 2 is 1.00 bits per heavy atom. The minimum Gasteiger partial charge on any atom is -0.355 e. The number of fused-ring (bicyclic) bond motifs is 8. The molecule has 0 fully saturated rings. The largest absolute Gasteiger partial charge is 0.355 e. The molecule has 2 aliphatic heterocycles. The topological polar surface area (TPSA) is 57.4 Å². The van der Waals surface area contributed by atoms with Crippen molar-refractivity contribution >= 4 is 78.7 Å². The number of benzene rings is 4. The predicted molar refractivity (Wildman–Crippen MR) is 168 cm³/mol. The molecule has 0 atom stereocenters. The zero-order chi connectivity index (χ0) is 26.2.